The minimum Gasteiger partial charge on any atom is -0.348 e. The molecule has 0 radical (unpaired) electrons. The molecule has 2 aromatic heterocycles. The van der Waals surface area contributed by atoms with Crippen LogP contribution in [0.1, 0.15) is 58.9 Å². The number of carbonyl (C=O) groups excluding carboxylic acids is 1. The Morgan fingerprint density at radius 3 is 2.86 bits per heavy atom. The van der Waals surface area contributed by atoms with Gasteiger partial charge in [-0.1, -0.05) is 43.0 Å². The molecule has 1 amide bonds. The Hall–Kier alpha value is -2.18. The normalized spacial score (nSPS) is 15.1. The minimum atomic E-state index is -0.217. The number of nitrogens with zero attached hydrogens (tertiary/aromatic N) is 2. The van der Waals surface area contributed by atoms with Gasteiger partial charge in [-0.15, -0.1) is 11.3 Å². The fourth-order valence-corrected chi connectivity index (χ4v) is 5.15. The second kappa shape index (κ2) is 8.05. The molecule has 0 unspecified atom stereocenters. The highest BCUT2D eigenvalue weighted by Crippen LogP contribution is 2.30. The number of thiophene rings is 1. The third-order valence-electron chi connectivity index (χ3n) is 5.34. The molecule has 1 aliphatic rings. The number of benzene rings is 1. The molecule has 4 rings (SSSR count). The molecule has 0 saturated heterocycles. The summed E-state index contributed by atoms with van der Waals surface area (Å²) < 4.78 is 2.34. The van der Waals surface area contributed by atoms with Crippen molar-refractivity contribution in [3.05, 3.63) is 62.0 Å². The molecule has 1 N–H and O–H groups in total. The zero-order chi connectivity index (χ0) is 19.7. The summed E-state index contributed by atoms with van der Waals surface area (Å²) in [7, 11) is 0. The molecule has 1 aliphatic carbocycles. The molecule has 146 valence electrons. The number of hydrogen-bond donors (Lipinski definition) is 1. The van der Waals surface area contributed by atoms with Gasteiger partial charge in [-0.3, -0.25) is 14.2 Å². The van der Waals surface area contributed by atoms with E-state index < -0.39 is 0 Å². The van der Waals surface area contributed by atoms with Gasteiger partial charge in [0.15, 0.2) is 0 Å². The van der Waals surface area contributed by atoms with Gasteiger partial charge in [0.25, 0.3) is 11.5 Å². The van der Waals surface area contributed by atoms with Crippen molar-refractivity contribution in [2.75, 3.05) is 0 Å². The van der Waals surface area contributed by atoms with E-state index in [0.29, 0.717) is 27.3 Å². The van der Waals surface area contributed by atoms with Crippen LogP contribution >= 0.6 is 22.9 Å². The molecule has 3 aromatic rings. The Morgan fingerprint density at radius 2 is 2.11 bits per heavy atom. The molecule has 0 aliphatic heterocycles. The van der Waals surface area contributed by atoms with E-state index in [2.05, 4.69) is 10.3 Å². The Balaban J connectivity index is 1.62. The van der Waals surface area contributed by atoms with Crippen LogP contribution in [-0.2, 0) is 6.54 Å². The number of fused-ring (bicyclic) bond motifs is 1. The molecule has 2 heterocycles. The van der Waals surface area contributed by atoms with Crippen molar-refractivity contribution in [1.29, 1.82) is 0 Å². The van der Waals surface area contributed by atoms with Gasteiger partial charge >= 0.3 is 0 Å². The highest BCUT2D eigenvalue weighted by Gasteiger charge is 2.23. The molecule has 28 heavy (non-hydrogen) atoms. The third kappa shape index (κ3) is 3.71. The second-order valence-electron chi connectivity index (χ2n) is 7.27. The summed E-state index contributed by atoms with van der Waals surface area (Å²) in [6.45, 7) is 2.24. The lowest BCUT2D eigenvalue weighted by molar-refractivity contribution is 0.0952. The predicted molar refractivity (Wildman–Crippen MR) is 113 cm³/mol. The van der Waals surface area contributed by atoms with Gasteiger partial charge in [-0.2, -0.15) is 0 Å². The number of rotatable bonds is 4. The molecular weight excluding hydrogens is 394 g/mol. The standard InChI is InChI=1S/C21H22ClN3O2S/c1-13-17(20(26)23-11-14-6-5-7-15(22)10-14)18-19(28-13)21(27)25(12-24-18)16-8-3-2-4-9-16/h5-7,10,12,16H,2-4,8-9,11H2,1H3,(H,23,26). The maximum Gasteiger partial charge on any atom is 0.271 e. The highest BCUT2D eigenvalue weighted by atomic mass is 35.5. The number of nitrogens with one attached hydrogen (secondary N) is 1. The average Bonchev–Trinajstić information content (AvgIpc) is 3.04. The van der Waals surface area contributed by atoms with E-state index in [4.69, 9.17) is 11.6 Å². The Bertz CT molecular complexity index is 1080. The molecule has 1 fully saturated rings. The summed E-state index contributed by atoms with van der Waals surface area (Å²) in [6.07, 6.45) is 7.19. The van der Waals surface area contributed by atoms with Crippen LogP contribution in [-0.4, -0.2) is 15.5 Å². The average molecular weight is 416 g/mol. The number of carbonyl (C=O) groups is 1. The van der Waals surface area contributed by atoms with Crippen molar-refractivity contribution in [2.45, 2.75) is 51.6 Å². The fraction of sp³-hybridized carbons (Fsp3) is 0.381. The van der Waals surface area contributed by atoms with Crippen LogP contribution in [0.2, 0.25) is 5.02 Å². The van der Waals surface area contributed by atoms with E-state index in [-0.39, 0.29) is 17.5 Å². The number of amides is 1. The van der Waals surface area contributed by atoms with Crippen molar-refractivity contribution in [3.8, 4) is 0 Å². The quantitative estimate of drug-likeness (QED) is 0.662. The minimum absolute atomic E-state index is 0.0288. The van der Waals surface area contributed by atoms with Crippen molar-refractivity contribution in [1.82, 2.24) is 14.9 Å². The summed E-state index contributed by atoms with van der Waals surface area (Å²) in [6, 6.07) is 7.60. The van der Waals surface area contributed by atoms with E-state index in [0.717, 1.165) is 36.1 Å². The number of halogens is 1. The number of hydrogen-bond acceptors (Lipinski definition) is 4. The molecule has 0 bridgehead atoms. The molecule has 1 saturated carbocycles. The summed E-state index contributed by atoms with van der Waals surface area (Å²) in [4.78, 5) is 31.2. The van der Waals surface area contributed by atoms with Crippen LogP contribution in [0.15, 0.2) is 35.4 Å². The smallest absolute Gasteiger partial charge is 0.271 e. The Labute approximate surface area is 172 Å². The van der Waals surface area contributed by atoms with Crippen LogP contribution in [0.25, 0.3) is 10.2 Å². The Morgan fingerprint density at radius 1 is 1.32 bits per heavy atom. The SMILES string of the molecule is Cc1sc2c(=O)n(C3CCCCC3)cnc2c1C(=O)NCc1cccc(Cl)c1. The zero-order valence-corrected chi connectivity index (χ0v) is 17.3. The monoisotopic (exact) mass is 415 g/mol. The lowest BCUT2D eigenvalue weighted by Crippen LogP contribution is -2.27. The van der Waals surface area contributed by atoms with Crippen LogP contribution < -0.4 is 10.9 Å². The van der Waals surface area contributed by atoms with E-state index >= 15 is 0 Å². The lowest BCUT2D eigenvalue weighted by Gasteiger charge is -2.23. The molecule has 0 atom stereocenters. The largest absolute Gasteiger partial charge is 0.348 e. The van der Waals surface area contributed by atoms with Crippen LogP contribution in [0.5, 0.6) is 0 Å². The van der Waals surface area contributed by atoms with E-state index in [9.17, 15) is 9.59 Å². The van der Waals surface area contributed by atoms with Crippen LogP contribution in [0.4, 0.5) is 0 Å². The van der Waals surface area contributed by atoms with Crippen LogP contribution in [0.3, 0.4) is 0 Å². The molecular formula is C21H22ClN3O2S. The maximum absolute atomic E-state index is 13.0. The fourth-order valence-electron chi connectivity index (χ4n) is 3.89. The zero-order valence-electron chi connectivity index (χ0n) is 15.7. The first-order valence-corrected chi connectivity index (χ1v) is 10.8. The second-order valence-corrected chi connectivity index (χ2v) is 8.93. The first-order chi connectivity index (χ1) is 13.5. The summed E-state index contributed by atoms with van der Waals surface area (Å²) in [5, 5.41) is 3.55. The summed E-state index contributed by atoms with van der Waals surface area (Å²) in [5.41, 5.74) is 1.89. The first kappa shape index (κ1) is 19.2. The highest BCUT2D eigenvalue weighted by molar-refractivity contribution is 7.19. The van der Waals surface area contributed by atoms with Gasteiger partial charge < -0.3 is 5.32 Å². The Kier molecular flexibility index (Phi) is 5.51. The molecule has 5 nitrogen and oxygen atoms in total. The van der Waals surface area contributed by atoms with E-state index in [1.54, 1.807) is 17.0 Å². The molecule has 1 aromatic carbocycles. The third-order valence-corrected chi connectivity index (χ3v) is 6.65. The van der Waals surface area contributed by atoms with E-state index in [1.807, 2.05) is 25.1 Å². The summed E-state index contributed by atoms with van der Waals surface area (Å²) >= 11 is 7.36. The molecule has 0 spiro atoms. The van der Waals surface area contributed by atoms with Gasteiger partial charge in [0, 0.05) is 22.5 Å². The van der Waals surface area contributed by atoms with Gasteiger partial charge in [0.1, 0.15) is 10.2 Å². The predicted octanol–water partition coefficient (Wildman–Crippen LogP) is 4.86. The van der Waals surface area contributed by atoms with Crippen molar-refractivity contribution in [2.24, 2.45) is 0 Å². The van der Waals surface area contributed by atoms with Crippen molar-refractivity contribution >= 4 is 39.1 Å². The molecule has 7 heteroatoms. The van der Waals surface area contributed by atoms with Crippen molar-refractivity contribution < 1.29 is 4.79 Å². The van der Waals surface area contributed by atoms with Crippen LogP contribution in [0, 0.1) is 6.92 Å². The number of aromatic nitrogens is 2. The van der Waals surface area contributed by atoms with Gasteiger partial charge in [0.2, 0.25) is 0 Å². The number of aryl methyl sites for hydroxylation is 1. The lowest BCUT2D eigenvalue weighted by atomic mass is 9.95. The van der Waals surface area contributed by atoms with E-state index in [1.165, 1.54) is 17.8 Å². The van der Waals surface area contributed by atoms with Gasteiger partial charge in [-0.05, 0) is 37.5 Å². The topological polar surface area (TPSA) is 64.0 Å². The van der Waals surface area contributed by atoms with Gasteiger partial charge in [-0.25, -0.2) is 4.98 Å². The first-order valence-electron chi connectivity index (χ1n) is 9.57. The summed E-state index contributed by atoms with van der Waals surface area (Å²) in [5.74, 6) is -0.217. The maximum atomic E-state index is 13.0. The van der Waals surface area contributed by atoms with Gasteiger partial charge in [0.05, 0.1) is 11.9 Å². The van der Waals surface area contributed by atoms with Crippen molar-refractivity contribution in [3.63, 3.8) is 0 Å².